The van der Waals surface area contributed by atoms with Gasteiger partial charge in [0.25, 0.3) is 0 Å². The number of nitrogens with zero attached hydrogens (tertiary/aromatic N) is 5. The highest BCUT2D eigenvalue weighted by Gasteiger charge is 2.25. The van der Waals surface area contributed by atoms with Crippen LogP contribution in [0.25, 0.3) is 5.69 Å². The van der Waals surface area contributed by atoms with E-state index >= 15 is 0 Å². The van der Waals surface area contributed by atoms with Gasteiger partial charge in [0, 0.05) is 12.6 Å². The summed E-state index contributed by atoms with van der Waals surface area (Å²) in [4.78, 5) is 21.5. The van der Waals surface area contributed by atoms with E-state index < -0.39 is 0 Å². The predicted octanol–water partition coefficient (Wildman–Crippen LogP) is 2.62. The van der Waals surface area contributed by atoms with E-state index in [0.717, 1.165) is 5.56 Å². The van der Waals surface area contributed by atoms with Gasteiger partial charge in [-0.15, -0.1) is 0 Å². The number of rotatable bonds is 1. The van der Waals surface area contributed by atoms with Crippen molar-refractivity contribution in [2.75, 3.05) is 0 Å². The van der Waals surface area contributed by atoms with Gasteiger partial charge in [-0.25, -0.2) is 19.0 Å². The van der Waals surface area contributed by atoms with Gasteiger partial charge >= 0.3 is 5.69 Å². The molecule has 3 aromatic rings. The van der Waals surface area contributed by atoms with E-state index in [1.165, 1.54) is 9.25 Å². The monoisotopic (exact) mass is 359 g/mol. The van der Waals surface area contributed by atoms with E-state index in [1.54, 1.807) is 25.2 Å². The molecule has 1 aliphatic heterocycles. The Hall–Kier alpha value is -2.44. The molecule has 0 atom stereocenters. The Morgan fingerprint density at radius 2 is 1.92 bits per heavy atom. The van der Waals surface area contributed by atoms with Crippen molar-refractivity contribution in [3.05, 3.63) is 74.1 Å². The molecule has 0 spiro atoms. The average molecular weight is 360 g/mol. The van der Waals surface area contributed by atoms with Crippen molar-refractivity contribution >= 4 is 28.9 Å². The summed E-state index contributed by atoms with van der Waals surface area (Å²) in [5.74, 6) is 0.537. The third-order valence-corrected chi connectivity index (χ3v) is 4.34. The van der Waals surface area contributed by atoms with Gasteiger partial charge in [-0.05, 0) is 18.2 Å². The Morgan fingerprint density at radius 1 is 1.12 bits per heavy atom. The Bertz CT molecular complexity index is 1050. The standard InChI is InChI=1S/C16H11Cl2N5O/c1-22-16(24)23-11-6-7-12(18)20-15(11)14(19-8-13(23)21-22)9-4-2-3-5-10(9)17/h2-7H,8H2,1H3. The second-order valence-electron chi connectivity index (χ2n) is 5.30. The third kappa shape index (κ3) is 2.26. The summed E-state index contributed by atoms with van der Waals surface area (Å²) in [5.41, 5.74) is 2.16. The van der Waals surface area contributed by atoms with Gasteiger partial charge in [-0.1, -0.05) is 41.4 Å². The highest BCUT2D eigenvalue weighted by atomic mass is 35.5. The first-order valence-electron chi connectivity index (χ1n) is 7.18. The fourth-order valence-electron chi connectivity index (χ4n) is 2.73. The molecular weight excluding hydrogens is 349 g/mol. The predicted molar refractivity (Wildman–Crippen MR) is 92.4 cm³/mol. The molecule has 0 N–H and O–H groups in total. The minimum Gasteiger partial charge on any atom is -0.274 e. The van der Waals surface area contributed by atoms with Crippen LogP contribution < -0.4 is 5.69 Å². The van der Waals surface area contributed by atoms with Gasteiger partial charge in [0.2, 0.25) is 0 Å². The average Bonchev–Trinajstić information content (AvgIpc) is 2.75. The molecule has 3 heterocycles. The quantitative estimate of drug-likeness (QED) is 0.627. The van der Waals surface area contributed by atoms with Gasteiger partial charge in [0.15, 0.2) is 5.82 Å². The van der Waals surface area contributed by atoms with Crippen molar-refractivity contribution < 1.29 is 0 Å². The second-order valence-corrected chi connectivity index (χ2v) is 6.10. The zero-order chi connectivity index (χ0) is 16.8. The van der Waals surface area contributed by atoms with E-state index in [0.29, 0.717) is 33.1 Å². The largest absolute Gasteiger partial charge is 0.350 e. The molecule has 4 rings (SSSR count). The smallest absolute Gasteiger partial charge is 0.274 e. The van der Waals surface area contributed by atoms with Crippen LogP contribution >= 0.6 is 23.2 Å². The van der Waals surface area contributed by atoms with Crippen molar-refractivity contribution in [3.8, 4) is 5.69 Å². The maximum absolute atomic E-state index is 12.4. The third-order valence-electron chi connectivity index (χ3n) is 3.80. The summed E-state index contributed by atoms with van der Waals surface area (Å²) in [6.45, 7) is 0.241. The highest BCUT2D eigenvalue weighted by Crippen LogP contribution is 2.26. The van der Waals surface area contributed by atoms with E-state index in [1.807, 2.05) is 18.2 Å². The summed E-state index contributed by atoms with van der Waals surface area (Å²) >= 11 is 12.4. The van der Waals surface area contributed by atoms with Crippen LogP contribution in [0.15, 0.2) is 46.2 Å². The number of benzene rings is 1. The second kappa shape index (κ2) is 5.58. The van der Waals surface area contributed by atoms with Crippen LogP contribution in [0.5, 0.6) is 0 Å². The van der Waals surface area contributed by atoms with Crippen molar-refractivity contribution in [3.63, 3.8) is 0 Å². The number of hydrogen-bond acceptors (Lipinski definition) is 4. The lowest BCUT2D eigenvalue weighted by molar-refractivity contribution is 0.717. The number of aliphatic imine (C=N–C) groups is 1. The first-order chi connectivity index (χ1) is 11.6. The zero-order valence-electron chi connectivity index (χ0n) is 12.6. The summed E-state index contributed by atoms with van der Waals surface area (Å²) < 4.78 is 2.79. The molecule has 0 saturated heterocycles. The van der Waals surface area contributed by atoms with Crippen molar-refractivity contribution in [1.29, 1.82) is 0 Å². The minimum atomic E-state index is -0.258. The summed E-state index contributed by atoms with van der Waals surface area (Å²) in [7, 11) is 1.60. The topological polar surface area (TPSA) is 65.1 Å². The van der Waals surface area contributed by atoms with Crippen molar-refractivity contribution in [2.45, 2.75) is 6.54 Å². The normalized spacial score (nSPS) is 13.0. The van der Waals surface area contributed by atoms with Crippen molar-refractivity contribution in [2.24, 2.45) is 12.0 Å². The SMILES string of the molecule is Cn1nc2n(c1=O)-c1ccc(Cl)nc1C(c1ccccc1Cl)=NC2. The number of aromatic nitrogens is 4. The number of fused-ring (bicyclic) bond motifs is 3. The van der Waals surface area contributed by atoms with E-state index in [-0.39, 0.29) is 12.2 Å². The Balaban J connectivity index is 2.05. The first-order valence-corrected chi connectivity index (χ1v) is 7.93. The molecule has 120 valence electrons. The van der Waals surface area contributed by atoms with Crippen LogP contribution in [0.2, 0.25) is 10.2 Å². The summed E-state index contributed by atoms with van der Waals surface area (Å²) in [6, 6.07) is 10.7. The first kappa shape index (κ1) is 15.1. The summed E-state index contributed by atoms with van der Waals surface area (Å²) in [6.07, 6.45) is 0. The van der Waals surface area contributed by atoms with Crippen LogP contribution in [0.1, 0.15) is 17.1 Å². The van der Waals surface area contributed by atoms with E-state index in [2.05, 4.69) is 15.1 Å². The lowest BCUT2D eigenvalue weighted by Crippen LogP contribution is -2.23. The molecule has 1 aliphatic rings. The molecular formula is C16H11Cl2N5O. The zero-order valence-corrected chi connectivity index (χ0v) is 14.1. The fourth-order valence-corrected chi connectivity index (χ4v) is 3.11. The molecule has 0 amide bonds. The molecule has 0 aliphatic carbocycles. The molecule has 1 aromatic carbocycles. The fraction of sp³-hybridized carbons (Fsp3) is 0.125. The van der Waals surface area contributed by atoms with Crippen molar-refractivity contribution in [1.82, 2.24) is 19.3 Å². The maximum atomic E-state index is 12.4. The molecule has 2 aromatic heterocycles. The molecule has 0 radical (unpaired) electrons. The highest BCUT2D eigenvalue weighted by molar-refractivity contribution is 6.35. The van der Waals surface area contributed by atoms with Crippen LogP contribution in [0, 0.1) is 0 Å². The van der Waals surface area contributed by atoms with Gasteiger partial charge in [-0.3, -0.25) is 4.99 Å². The van der Waals surface area contributed by atoms with Crippen LogP contribution in [0.4, 0.5) is 0 Å². The molecule has 8 heteroatoms. The van der Waals surface area contributed by atoms with Gasteiger partial charge < -0.3 is 0 Å². The van der Waals surface area contributed by atoms with Gasteiger partial charge in [0.1, 0.15) is 17.4 Å². The number of aryl methyl sites for hydroxylation is 1. The Morgan fingerprint density at radius 3 is 2.71 bits per heavy atom. The lowest BCUT2D eigenvalue weighted by Gasteiger charge is -2.11. The molecule has 6 nitrogen and oxygen atoms in total. The van der Waals surface area contributed by atoms with Crippen LogP contribution in [-0.2, 0) is 13.6 Å². The number of hydrogen-bond donors (Lipinski definition) is 0. The van der Waals surface area contributed by atoms with Crippen LogP contribution in [-0.4, -0.2) is 25.0 Å². The molecule has 0 fully saturated rings. The van der Waals surface area contributed by atoms with Crippen LogP contribution in [0.3, 0.4) is 0 Å². The van der Waals surface area contributed by atoms with Gasteiger partial charge in [-0.2, -0.15) is 5.10 Å². The summed E-state index contributed by atoms with van der Waals surface area (Å²) in [5, 5.41) is 5.11. The van der Waals surface area contributed by atoms with Gasteiger partial charge in [0.05, 0.1) is 16.4 Å². The maximum Gasteiger partial charge on any atom is 0.350 e. The van der Waals surface area contributed by atoms with E-state index in [4.69, 9.17) is 23.2 Å². The molecule has 0 bridgehead atoms. The molecule has 0 saturated carbocycles. The minimum absolute atomic E-state index is 0.241. The molecule has 24 heavy (non-hydrogen) atoms. The Labute approximate surface area is 147 Å². The number of halogens is 2. The molecule has 0 unspecified atom stereocenters. The lowest BCUT2D eigenvalue weighted by atomic mass is 10.1. The van der Waals surface area contributed by atoms with E-state index in [9.17, 15) is 4.79 Å². The number of pyridine rings is 1. The Kier molecular flexibility index (Phi) is 3.51.